The molecule has 0 aromatic heterocycles. The first-order valence-electron chi connectivity index (χ1n) is 8.77. The number of carboxylic acids is 1. The van der Waals surface area contributed by atoms with Gasteiger partial charge in [-0.25, -0.2) is 4.79 Å². The quantitative estimate of drug-likeness (QED) is 0.696. The van der Waals surface area contributed by atoms with Crippen molar-refractivity contribution >= 4 is 23.5 Å². The molecule has 0 aliphatic rings. The number of anilines is 1. The third-order valence-electron chi connectivity index (χ3n) is 4.04. The molecule has 2 amide bonds. The molecular formula is C21H24N2O4. The van der Waals surface area contributed by atoms with E-state index in [9.17, 15) is 14.4 Å². The average molecular weight is 368 g/mol. The molecule has 0 spiro atoms. The molecule has 0 aliphatic heterocycles. The van der Waals surface area contributed by atoms with Gasteiger partial charge >= 0.3 is 5.97 Å². The Bertz CT molecular complexity index is 831. The van der Waals surface area contributed by atoms with Gasteiger partial charge in [-0.1, -0.05) is 50.2 Å². The summed E-state index contributed by atoms with van der Waals surface area (Å²) in [5.74, 6) is -1.55. The van der Waals surface area contributed by atoms with Crippen LogP contribution < -0.4 is 10.6 Å². The van der Waals surface area contributed by atoms with Gasteiger partial charge in [-0.3, -0.25) is 9.59 Å². The van der Waals surface area contributed by atoms with Crippen LogP contribution in [-0.4, -0.2) is 22.9 Å². The highest BCUT2D eigenvalue weighted by Gasteiger charge is 2.23. The molecule has 6 nitrogen and oxygen atoms in total. The van der Waals surface area contributed by atoms with Crippen molar-refractivity contribution in [2.45, 2.75) is 33.2 Å². The van der Waals surface area contributed by atoms with Crippen LogP contribution in [0.15, 0.2) is 48.5 Å². The molecule has 0 radical (unpaired) electrons. The molecule has 1 unspecified atom stereocenters. The Labute approximate surface area is 158 Å². The van der Waals surface area contributed by atoms with Crippen LogP contribution in [0.25, 0.3) is 0 Å². The summed E-state index contributed by atoms with van der Waals surface area (Å²) >= 11 is 0. The number of benzene rings is 2. The molecule has 0 saturated heterocycles. The molecule has 2 rings (SSSR count). The highest BCUT2D eigenvalue weighted by molar-refractivity contribution is 5.99. The van der Waals surface area contributed by atoms with Gasteiger partial charge in [-0.15, -0.1) is 0 Å². The molecule has 27 heavy (non-hydrogen) atoms. The molecule has 0 heterocycles. The second-order valence-corrected chi connectivity index (χ2v) is 6.83. The topological polar surface area (TPSA) is 95.5 Å². The third-order valence-corrected chi connectivity index (χ3v) is 4.04. The normalized spacial score (nSPS) is 11.7. The van der Waals surface area contributed by atoms with Crippen LogP contribution >= 0.6 is 0 Å². The van der Waals surface area contributed by atoms with E-state index in [0.29, 0.717) is 17.7 Å². The lowest BCUT2D eigenvalue weighted by Crippen LogP contribution is -2.37. The Hall–Kier alpha value is -3.15. The lowest BCUT2D eigenvalue weighted by atomic mass is 10.0. The van der Waals surface area contributed by atoms with Crippen LogP contribution in [0.2, 0.25) is 0 Å². The summed E-state index contributed by atoms with van der Waals surface area (Å²) in [6.07, 6.45) is 0.310. The Morgan fingerprint density at radius 1 is 1.04 bits per heavy atom. The maximum atomic E-state index is 12.9. The predicted octanol–water partition coefficient (Wildman–Crippen LogP) is 3.54. The first-order valence-corrected chi connectivity index (χ1v) is 8.77. The van der Waals surface area contributed by atoms with Gasteiger partial charge in [0.2, 0.25) is 5.91 Å². The fourth-order valence-corrected chi connectivity index (χ4v) is 2.63. The summed E-state index contributed by atoms with van der Waals surface area (Å²) in [5, 5.41) is 14.7. The van der Waals surface area contributed by atoms with Gasteiger partial charge in [0.15, 0.2) is 0 Å². The maximum Gasteiger partial charge on any atom is 0.335 e. The number of aryl methyl sites for hydroxylation is 1. The molecule has 0 aliphatic carbocycles. The van der Waals surface area contributed by atoms with Crippen LogP contribution in [0.3, 0.4) is 0 Å². The van der Waals surface area contributed by atoms with Crippen LogP contribution in [-0.2, 0) is 9.59 Å². The molecule has 3 N–H and O–H groups in total. The van der Waals surface area contributed by atoms with Gasteiger partial charge < -0.3 is 15.7 Å². The predicted molar refractivity (Wildman–Crippen MR) is 104 cm³/mol. The van der Waals surface area contributed by atoms with Crippen LogP contribution in [0.4, 0.5) is 5.69 Å². The van der Waals surface area contributed by atoms with Gasteiger partial charge in [0.1, 0.15) is 6.04 Å². The molecule has 2 aromatic rings. The fraction of sp³-hybridized carbons (Fsp3) is 0.286. The molecule has 0 fully saturated rings. The van der Waals surface area contributed by atoms with Gasteiger partial charge in [0.25, 0.3) is 5.91 Å². The van der Waals surface area contributed by atoms with Crippen molar-refractivity contribution in [1.82, 2.24) is 5.32 Å². The van der Waals surface area contributed by atoms with Crippen LogP contribution in [0.1, 0.15) is 47.8 Å². The van der Waals surface area contributed by atoms with E-state index in [4.69, 9.17) is 5.11 Å². The minimum absolute atomic E-state index is 0.0796. The SMILES string of the molecule is Cc1ccc(C(=O)O)cc1NC(=O)C(NC(=O)CC(C)C)c1ccccc1. The lowest BCUT2D eigenvalue weighted by Gasteiger charge is -2.20. The van der Waals surface area contributed by atoms with Gasteiger partial charge in [0.05, 0.1) is 5.56 Å². The van der Waals surface area contributed by atoms with Crippen molar-refractivity contribution in [2.24, 2.45) is 5.92 Å². The maximum absolute atomic E-state index is 12.9. The zero-order chi connectivity index (χ0) is 20.0. The van der Waals surface area contributed by atoms with E-state index in [-0.39, 0.29) is 17.4 Å². The number of amides is 2. The summed E-state index contributed by atoms with van der Waals surface area (Å²) in [6.45, 7) is 5.63. The second kappa shape index (κ2) is 8.98. The first-order chi connectivity index (χ1) is 12.8. The van der Waals surface area contributed by atoms with E-state index in [1.807, 2.05) is 19.9 Å². The minimum atomic E-state index is -1.07. The summed E-state index contributed by atoms with van der Waals surface area (Å²) in [6, 6.07) is 12.6. The van der Waals surface area contributed by atoms with Crippen molar-refractivity contribution in [3.8, 4) is 0 Å². The summed E-state index contributed by atoms with van der Waals surface area (Å²) in [5.41, 5.74) is 1.86. The second-order valence-electron chi connectivity index (χ2n) is 6.83. The zero-order valence-electron chi connectivity index (χ0n) is 15.7. The van der Waals surface area contributed by atoms with Crippen LogP contribution in [0.5, 0.6) is 0 Å². The highest BCUT2D eigenvalue weighted by atomic mass is 16.4. The Kier molecular flexibility index (Phi) is 6.71. The number of carbonyl (C=O) groups is 3. The lowest BCUT2D eigenvalue weighted by molar-refractivity contribution is -0.127. The number of aromatic carboxylic acids is 1. The van der Waals surface area contributed by atoms with Crippen molar-refractivity contribution in [3.63, 3.8) is 0 Å². The molecule has 1 atom stereocenters. The Morgan fingerprint density at radius 3 is 2.30 bits per heavy atom. The highest BCUT2D eigenvalue weighted by Crippen LogP contribution is 2.21. The van der Waals surface area contributed by atoms with E-state index in [1.54, 1.807) is 37.3 Å². The molecule has 0 saturated carbocycles. The largest absolute Gasteiger partial charge is 0.478 e. The summed E-state index contributed by atoms with van der Waals surface area (Å²) in [4.78, 5) is 36.3. The number of rotatable bonds is 7. The molecule has 2 aromatic carbocycles. The average Bonchev–Trinajstić information content (AvgIpc) is 2.61. The number of carboxylic acid groups (broad SMARTS) is 1. The summed E-state index contributed by atoms with van der Waals surface area (Å²) < 4.78 is 0. The third kappa shape index (κ3) is 5.67. The Balaban J connectivity index is 2.27. The smallest absolute Gasteiger partial charge is 0.335 e. The van der Waals surface area contributed by atoms with Gasteiger partial charge in [-0.05, 0) is 36.1 Å². The van der Waals surface area contributed by atoms with Crippen molar-refractivity contribution in [3.05, 3.63) is 65.2 Å². The first kappa shape index (κ1) is 20.2. The Morgan fingerprint density at radius 2 is 1.70 bits per heavy atom. The van der Waals surface area contributed by atoms with E-state index < -0.39 is 17.9 Å². The van der Waals surface area contributed by atoms with E-state index in [0.717, 1.165) is 5.56 Å². The monoisotopic (exact) mass is 368 g/mol. The van der Waals surface area contributed by atoms with Crippen LogP contribution in [0, 0.1) is 12.8 Å². The van der Waals surface area contributed by atoms with Gasteiger partial charge in [-0.2, -0.15) is 0 Å². The van der Waals surface area contributed by atoms with Crippen molar-refractivity contribution < 1.29 is 19.5 Å². The van der Waals surface area contributed by atoms with Gasteiger partial charge in [0, 0.05) is 12.1 Å². The van der Waals surface area contributed by atoms with Crippen molar-refractivity contribution in [2.75, 3.05) is 5.32 Å². The van der Waals surface area contributed by atoms with E-state index >= 15 is 0 Å². The minimum Gasteiger partial charge on any atom is -0.478 e. The standard InChI is InChI=1S/C21H24N2O4/c1-13(2)11-18(24)23-19(15-7-5-4-6-8-15)20(25)22-17-12-16(21(26)27)10-9-14(17)3/h4-10,12-13,19H,11H2,1-3H3,(H,22,25)(H,23,24)(H,26,27). The molecular weight excluding hydrogens is 344 g/mol. The number of hydrogen-bond acceptors (Lipinski definition) is 3. The molecule has 6 heteroatoms. The van der Waals surface area contributed by atoms with E-state index in [2.05, 4.69) is 10.6 Å². The fourth-order valence-electron chi connectivity index (χ4n) is 2.63. The summed E-state index contributed by atoms with van der Waals surface area (Å²) in [7, 11) is 0. The number of hydrogen-bond donors (Lipinski definition) is 3. The molecule has 142 valence electrons. The molecule has 0 bridgehead atoms. The zero-order valence-corrected chi connectivity index (χ0v) is 15.7. The van der Waals surface area contributed by atoms with E-state index in [1.165, 1.54) is 12.1 Å². The number of carbonyl (C=O) groups excluding carboxylic acids is 2. The number of nitrogens with one attached hydrogen (secondary N) is 2. The van der Waals surface area contributed by atoms with Crippen molar-refractivity contribution in [1.29, 1.82) is 0 Å².